The molecule has 1 fully saturated rings. The van der Waals surface area contributed by atoms with E-state index in [0.29, 0.717) is 18.8 Å². The van der Waals surface area contributed by atoms with Crippen LogP contribution in [-0.4, -0.2) is 35.5 Å². The number of carbonyl (C=O) groups excluding carboxylic acids is 1. The third-order valence-corrected chi connectivity index (χ3v) is 3.72. The van der Waals surface area contributed by atoms with Crippen LogP contribution in [0.15, 0.2) is 24.3 Å². The van der Waals surface area contributed by atoms with Crippen molar-refractivity contribution in [1.82, 2.24) is 4.90 Å². The van der Waals surface area contributed by atoms with E-state index in [2.05, 4.69) is 0 Å². The molecule has 2 rings (SSSR count). The van der Waals surface area contributed by atoms with Gasteiger partial charge in [0.15, 0.2) is 0 Å². The van der Waals surface area contributed by atoms with Crippen molar-refractivity contribution >= 4 is 11.9 Å². The Bertz CT molecular complexity index is 514. The Labute approximate surface area is 118 Å². The average molecular weight is 277 g/mol. The maximum Gasteiger partial charge on any atom is 0.308 e. The van der Waals surface area contributed by atoms with Crippen LogP contribution in [0.4, 0.5) is 0 Å². The second-order valence-corrected chi connectivity index (χ2v) is 4.90. The summed E-state index contributed by atoms with van der Waals surface area (Å²) >= 11 is 0. The van der Waals surface area contributed by atoms with Gasteiger partial charge in [0.25, 0.3) is 0 Å². The first-order valence-corrected chi connectivity index (χ1v) is 6.76. The molecule has 5 heteroatoms. The summed E-state index contributed by atoms with van der Waals surface area (Å²) in [6, 6.07) is 6.85. The van der Waals surface area contributed by atoms with Gasteiger partial charge in [-0.2, -0.15) is 0 Å². The maximum absolute atomic E-state index is 11.9. The maximum atomic E-state index is 11.9. The summed E-state index contributed by atoms with van der Waals surface area (Å²) in [6.07, 6.45) is 0.643. The van der Waals surface area contributed by atoms with Gasteiger partial charge in [-0.25, -0.2) is 0 Å². The molecule has 0 aliphatic carbocycles. The van der Waals surface area contributed by atoms with Crippen LogP contribution in [0.25, 0.3) is 0 Å². The molecule has 1 saturated heterocycles. The van der Waals surface area contributed by atoms with Crippen LogP contribution in [0, 0.1) is 5.92 Å². The number of amides is 1. The first-order valence-electron chi connectivity index (χ1n) is 6.76. The highest BCUT2D eigenvalue weighted by molar-refractivity contribution is 5.81. The van der Waals surface area contributed by atoms with Crippen LogP contribution in [-0.2, 0) is 9.59 Å². The van der Waals surface area contributed by atoms with E-state index in [1.54, 1.807) is 7.05 Å². The molecule has 0 unspecified atom stereocenters. The number of rotatable bonds is 4. The van der Waals surface area contributed by atoms with Crippen molar-refractivity contribution < 1.29 is 19.4 Å². The summed E-state index contributed by atoms with van der Waals surface area (Å²) < 4.78 is 5.57. The third-order valence-electron chi connectivity index (χ3n) is 3.72. The van der Waals surface area contributed by atoms with E-state index in [1.807, 2.05) is 31.2 Å². The number of hydrogen-bond acceptors (Lipinski definition) is 3. The van der Waals surface area contributed by atoms with E-state index < -0.39 is 17.9 Å². The molecule has 5 nitrogen and oxygen atoms in total. The summed E-state index contributed by atoms with van der Waals surface area (Å²) in [7, 11) is 1.66. The number of aliphatic carboxylic acids is 1. The van der Waals surface area contributed by atoms with E-state index in [4.69, 9.17) is 4.74 Å². The van der Waals surface area contributed by atoms with Gasteiger partial charge in [0.05, 0.1) is 18.6 Å². The fourth-order valence-electron chi connectivity index (χ4n) is 2.73. The van der Waals surface area contributed by atoms with Gasteiger partial charge < -0.3 is 14.7 Å². The Kier molecular flexibility index (Phi) is 4.27. The lowest BCUT2D eigenvalue weighted by molar-refractivity contribution is -0.150. The fraction of sp³-hybridized carbons (Fsp3) is 0.467. The van der Waals surface area contributed by atoms with Crippen molar-refractivity contribution in [3.05, 3.63) is 29.8 Å². The first-order chi connectivity index (χ1) is 9.56. The van der Waals surface area contributed by atoms with Gasteiger partial charge in [-0.05, 0) is 19.4 Å². The zero-order chi connectivity index (χ0) is 14.7. The topological polar surface area (TPSA) is 66.8 Å². The van der Waals surface area contributed by atoms with Crippen molar-refractivity contribution in [2.45, 2.75) is 25.8 Å². The molecule has 1 heterocycles. The van der Waals surface area contributed by atoms with Crippen LogP contribution in [0.2, 0.25) is 0 Å². The van der Waals surface area contributed by atoms with E-state index in [1.165, 1.54) is 4.90 Å². The molecular weight excluding hydrogens is 258 g/mol. The summed E-state index contributed by atoms with van der Waals surface area (Å²) in [5.74, 6) is -0.855. The van der Waals surface area contributed by atoms with Crippen LogP contribution >= 0.6 is 0 Å². The Morgan fingerprint density at radius 1 is 1.45 bits per heavy atom. The molecule has 0 aromatic heterocycles. The molecule has 2 atom stereocenters. The number of benzene rings is 1. The zero-order valence-corrected chi connectivity index (χ0v) is 11.7. The molecule has 1 aromatic carbocycles. The molecule has 1 N–H and O–H groups in total. The number of piperidine rings is 1. The van der Waals surface area contributed by atoms with E-state index in [9.17, 15) is 14.7 Å². The molecule has 1 aliphatic rings. The minimum Gasteiger partial charge on any atom is -0.494 e. The molecule has 0 spiro atoms. The SMILES string of the molecule is CCOc1ccccc1[C@@H]1[C@H](C(=O)O)CCC(=O)N1C. The largest absolute Gasteiger partial charge is 0.494 e. The van der Waals surface area contributed by atoms with E-state index >= 15 is 0 Å². The minimum atomic E-state index is -0.874. The monoisotopic (exact) mass is 277 g/mol. The van der Waals surface area contributed by atoms with Gasteiger partial charge in [-0.15, -0.1) is 0 Å². The number of nitrogens with zero attached hydrogens (tertiary/aromatic N) is 1. The first kappa shape index (κ1) is 14.4. The number of carboxylic acid groups (broad SMARTS) is 1. The molecule has 1 aliphatic heterocycles. The average Bonchev–Trinajstić information content (AvgIpc) is 2.42. The molecule has 0 saturated carbocycles. The summed E-state index contributed by atoms with van der Waals surface area (Å²) in [5.41, 5.74) is 0.761. The minimum absolute atomic E-state index is 0.0289. The zero-order valence-electron chi connectivity index (χ0n) is 11.7. The molecule has 0 bridgehead atoms. The predicted molar refractivity (Wildman–Crippen MR) is 73.5 cm³/mol. The van der Waals surface area contributed by atoms with Gasteiger partial charge in [-0.3, -0.25) is 9.59 Å². The van der Waals surface area contributed by atoms with Crippen LogP contribution in [0.1, 0.15) is 31.4 Å². The summed E-state index contributed by atoms with van der Waals surface area (Å²) in [4.78, 5) is 24.9. The highest BCUT2D eigenvalue weighted by Crippen LogP contribution is 2.39. The quantitative estimate of drug-likeness (QED) is 0.915. The summed E-state index contributed by atoms with van der Waals surface area (Å²) in [5, 5.41) is 9.42. The molecule has 108 valence electrons. The second-order valence-electron chi connectivity index (χ2n) is 4.90. The molecule has 20 heavy (non-hydrogen) atoms. The predicted octanol–water partition coefficient (Wildman–Crippen LogP) is 2.08. The lowest BCUT2D eigenvalue weighted by Crippen LogP contribution is -2.43. The number of carbonyl (C=O) groups is 2. The number of carboxylic acids is 1. The Morgan fingerprint density at radius 3 is 2.80 bits per heavy atom. The lowest BCUT2D eigenvalue weighted by Gasteiger charge is -2.37. The molecule has 0 radical (unpaired) electrons. The van der Waals surface area contributed by atoms with Gasteiger partial charge in [-0.1, -0.05) is 18.2 Å². The normalized spacial score (nSPS) is 22.7. The van der Waals surface area contributed by atoms with E-state index in [0.717, 1.165) is 5.56 Å². The number of likely N-dealkylation sites (tertiary alicyclic amines) is 1. The Hall–Kier alpha value is -2.04. The van der Waals surface area contributed by atoms with Gasteiger partial charge >= 0.3 is 5.97 Å². The molecule has 1 aromatic rings. The lowest BCUT2D eigenvalue weighted by atomic mass is 9.84. The van der Waals surface area contributed by atoms with Crippen molar-refractivity contribution in [3.63, 3.8) is 0 Å². The third kappa shape index (κ3) is 2.61. The van der Waals surface area contributed by atoms with Crippen molar-refractivity contribution in [3.8, 4) is 5.75 Å². The van der Waals surface area contributed by atoms with Crippen molar-refractivity contribution in [1.29, 1.82) is 0 Å². The number of hydrogen-bond donors (Lipinski definition) is 1. The number of para-hydroxylation sites is 1. The van der Waals surface area contributed by atoms with Crippen LogP contribution < -0.4 is 4.74 Å². The Morgan fingerprint density at radius 2 is 2.15 bits per heavy atom. The second kappa shape index (κ2) is 5.94. The highest BCUT2D eigenvalue weighted by Gasteiger charge is 2.40. The van der Waals surface area contributed by atoms with Gasteiger partial charge in [0, 0.05) is 19.0 Å². The van der Waals surface area contributed by atoms with Gasteiger partial charge in [0.1, 0.15) is 5.75 Å². The Balaban J connectivity index is 2.44. The van der Waals surface area contributed by atoms with Gasteiger partial charge in [0.2, 0.25) is 5.91 Å². The fourth-order valence-corrected chi connectivity index (χ4v) is 2.73. The smallest absolute Gasteiger partial charge is 0.308 e. The molecule has 1 amide bonds. The number of ether oxygens (including phenoxy) is 1. The van der Waals surface area contributed by atoms with Crippen molar-refractivity contribution in [2.75, 3.05) is 13.7 Å². The van der Waals surface area contributed by atoms with Crippen LogP contribution in [0.3, 0.4) is 0 Å². The summed E-state index contributed by atoms with van der Waals surface area (Å²) in [6.45, 7) is 2.38. The van der Waals surface area contributed by atoms with E-state index in [-0.39, 0.29) is 12.3 Å². The van der Waals surface area contributed by atoms with Crippen molar-refractivity contribution in [2.24, 2.45) is 5.92 Å². The highest BCUT2D eigenvalue weighted by atomic mass is 16.5. The van der Waals surface area contributed by atoms with Crippen LogP contribution in [0.5, 0.6) is 5.75 Å². The standard InChI is InChI=1S/C15H19NO4/c1-3-20-12-7-5-4-6-10(12)14-11(15(18)19)8-9-13(17)16(14)2/h4-7,11,14H,3,8-9H2,1-2H3,(H,18,19)/t11-,14-/m1/s1. The molecular formula is C15H19NO4.